The van der Waals surface area contributed by atoms with Gasteiger partial charge in [-0.05, 0) is 49.9 Å². The number of hydrogen-bond acceptors (Lipinski definition) is 4. The Hall–Kier alpha value is -1.55. The summed E-state index contributed by atoms with van der Waals surface area (Å²) in [5.74, 6) is 0.854. The van der Waals surface area contributed by atoms with Crippen LogP contribution in [0.4, 0.5) is 0 Å². The average Bonchev–Trinajstić information content (AvgIpc) is 2.42. The van der Waals surface area contributed by atoms with Crippen LogP contribution in [0.3, 0.4) is 0 Å². The Balaban J connectivity index is 2.03. The highest BCUT2D eigenvalue weighted by atomic mass is 16.5. The smallest absolute Gasteiger partial charge is 0.119 e. The standard InChI is InChI=1S/C14H19NO3/c1-2-17-8-9-18-12-6-7-13-11(10-12)4-3-5-14(13)15-16/h6-7,10,16H,2-5,8-9H2,1H3. The Morgan fingerprint density at radius 3 is 2.94 bits per heavy atom. The summed E-state index contributed by atoms with van der Waals surface area (Å²) >= 11 is 0. The van der Waals surface area contributed by atoms with Crippen molar-refractivity contribution in [2.75, 3.05) is 19.8 Å². The number of nitrogens with zero attached hydrogens (tertiary/aromatic N) is 1. The molecule has 98 valence electrons. The second kappa shape index (κ2) is 6.40. The number of aryl methyl sites for hydroxylation is 1. The molecule has 0 aromatic heterocycles. The molecule has 0 amide bonds. The van der Waals surface area contributed by atoms with Crippen molar-refractivity contribution >= 4 is 5.71 Å². The molecule has 18 heavy (non-hydrogen) atoms. The molecule has 1 N–H and O–H groups in total. The topological polar surface area (TPSA) is 51.0 Å². The number of hydrogen-bond donors (Lipinski definition) is 1. The van der Waals surface area contributed by atoms with Gasteiger partial charge in [0.05, 0.1) is 12.3 Å². The van der Waals surface area contributed by atoms with Gasteiger partial charge in [-0.1, -0.05) is 5.16 Å². The summed E-state index contributed by atoms with van der Waals surface area (Å²) in [6.07, 6.45) is 2.87. The molecule has 1 aromatic carbocycles. The number of ether oxygens (including phenoxy) is 2. The summed E-state index contributed by atoms with van der Waals surface area (Å²) in [5.41, 5.74) is 3.01. The van der Waals surface area contributed by atoms with Crippen molar-refractivity contribution in [3.05, 3.63) is 29.3 Å². The highest BCUT2D eigenvalue weighted by Gasteiger charge is 2.16. The Kier molecular flexibility index (Phi) is 4.59. The van der Waals surface area contributed by atoms with Crippen molar-refractivity contribution in [3.63, 3.8) is 0 Å². The molecule has 0 radical (unpaired) electrons. The van der Waals surface area contributed by atoms with E-state index < -0.39 is 0 Å². The van der Waals surface area contributed by atoms with Gasteiger partial charge in [-0.2, -0.15) is 0 Å². The molecule has 1 aliphatic rings. The van der Waals surface area contributed by atoms with Crippen molar-refractivity contribution in [1.29, 1.82) is 0 Å². The van der Waals surface area contributed by atoms with Crippen LogP contribution < -0.4 is 4.74 Å². The highest BCUT2D eigenvalue weighted by Crippen LogP contribution is 2.25. The van der Waals surface area contributed by atoms with E-state index in [4.69, 9.17) is 14.7 Å². The van der Waals surface area contributed by atoms with E-state index in [1.165, 1.54) is 5.56 Å². The summed E-state index contributed by atoms with van der Waals surface area (Å²) in [7, 11) is 0. The molecule has 2 rings (SSSR count). The zero-order valence-corrected chi connectivity index (χ0v) is 10.7. The quantitative estimate of drug-likeness (QED) is 0.496. The van der Waals surface area contributed by atoms with Crippen molar-refractivity contribution in [2.45, 2.75) is 26.2 Å². The molecule has 0 saturated heterocycles. The summed E-state index contributed by atoms with van der Waals surface area (Å²) < 4.78 is 10.8. The molecule has 4 heteroatoms. The van der Waals surface area contributed by atoms with Crippen molar-refractivity contribution < 1.29 is 14.7 Å². The van der Waals surface area contributed by atoms with E-state index in [-0.39, 0.29) is 0 Å². The van der Waals surface area contributed by atoms with Crippen LogP contribution in [0, 0.1) is 0 Å². The van der Waals surface area contributed by atoms with E-state index in [0.29, 0.717) is 19.8 Å². The summed E-state index contributed by atoms with van der Waals surface area (Å²) in [6, 6.07) is 5.92. The Morgan fingerprint density at radius 1 is 1.28 bits per heavy atom. The molecule has 4 nitrogen and oxygen atoms in total. The van der Waals surface area contributed by atoms with Crippen LogP contribution in [0.25, 0.3) is 0 Å². The van der Waals surface area contributed by atoms with E-state index >= 15 is 0 Å². The minimum Gasteiger partial charge on any atom is -0.491 e. The predicted octanol–water partition coefficient (Wildman–Crippen LogP) is 2.62. The maximum Gasteiger partial charge on any atom is 0.119 e. The minimum atomic E-state index is 0.563. The predicted molar refractivity (Wildman–Crippen MR) is 69.7 cm³/mol. The maximum atomic E-state index is 8.95. The number of benzene rings is 1. The van der Waals surface area contributed by atoms with Crippen LogP contribution in [-0.2, 0) is 11.2 Å². The minimum absolute atomic E-state index is 0.563. The lowest BCUT2D eigenvalue weighted by Crippen LogP contribution is -2.12. The van der Waals surface area contributed by atoms with Crippen LogP contribution in [0.2, 0.25) is 0 Å². The van der Waals surface area contributed by atoms with Gasteiger partial charge < -0.3 is 14.7 Å². The monoisotopic (exact) mass is 249 g/mol. The maximum absolute atomic E-state index is 8.95. The molecule has 0 saturated carbocycles. The first-order chi connectivity index (χ1) is 8.85. The van der Waals surface area contributed by atoms with Gasteiger partial charge in [-0.3, -0.25) is 0 Å². The molecule has 0 fully saturated rings. The largest absolute Gasteiger partial charge is 0.491 e. The molecule has 0 aliphatic heterocycles. The fourth-order valence-electron chi connectivity index (χ4n) is 2.20. The van der Waals surface area contributed by atoms with E-state index in [9.17, 15) is 0 Å². The second-order valence-electron chi connectivity index (χ2n) is 4.26. The van der Waals surface area contributed by atoms with E-state index in [1.54, 1.807) is 0 Å². The molecular formula is C14H19NO3. The second-order valence-corrected chi connectivity index (χ2v) is 4.26. The van der Waals surface area contributed by atoms with Gasteiger partial charge in [0.1, 0.15) is 12.4 Å². The van der Waals surface area contributed by atoms with Gasteiger partial charge in [0.25, 0.3) is 0 Å². The van der Waals surface area contributed by atoms with Gasteiger partial charge in [0.2, 0.25) is 0 Å². The Bertz CT molecular complexity index is 429. The third-order valence-electron chi connectivity index (χ3n) is 3.07. The molecule has 1 aromatic rings. The third kappa shape index (κ3) is 3.01. The molecule has 1 aliphatic carbocycles. The van der Waals surface area contributed by atoms with E-state index in [2.05, 4.69) is 5.16 Å². The lowest BCUT2D eigenvalue weighted by molar-refractivity contribution is 0.110. The lowest BCUT2D eigenvalue weighted by Gasteiger charge is -2.17. The normalized spacial score (nSPS) is 16.6. The fraction of sp³-hybridized carbons (Fsp3) is 0.500. The molecular weight excluding hydrogens is 230 g/mol. The molecule has 0 unspecified atom stereocenters. The Labute approximate surface area is 107 Å². The average molecular weight is 249 g/mol. The molecule has 0 heterocycles. The van der Waals surface area contributed by atoms with E-state index in [1.807, 2.05) is 25.1 Å². The van der Waals surface area contributed by atoms with Crippen LogP contribution in [0.5, 0.6) is 5.75 Å². The van der Waals surface area contributed by atoms with Crippen LogP contribution >= 0.6 is 0 Å². The summed E-state index contributed by atoms with van der Waals surface area (Å²) in [4.78, 5) is 0. The van der Waals surface area contributed by atoms with Crippen molar-refractivity contribution in [1.82, 2.24) is 0 Å². The number of rotatable bonds is 5. The number of fused-ring (bicyclic) bond motifs is 1. The summed E-state index contributed by atoms with van der Waals surface area (Å²) in [5, 5.41) is 12.3. The van der Waals surface area contributed by atoms with Gasteiger partial charge in [0, 0.05) is 12.2 Å². The SMILES string of the molecule is CCOCCOc1ccc2c(c1)CCCC2=NO. The first kappa shape index (κ1) is 12.9. The number of oxime groups is 1. The highest BCUT2D eigenvalue weighted by molar-refractivity contribution is 6.02. The van der Waals surface area contributed by atoms with Crippen molar-refractivity contribution in [3.8, 4) is 5.75 Å². The fourth-order valence-corrected chi connectivity index (χ4v) is 2.20. The third-order valence-corrected chi connectivity index (χ3v) is 3.07. The zero-order valence-electron chi connectivity index (χ0n) is 10.7. The van der Waals surface area contributed by atoms with Crippen LogP contribution in [0.1, 0.15) is 30.9 Å². The van der Waals surface area contributed by atoms with Gasteiger partial charge >= 0.3 is 0 Å². The van der Waals surface area contributed by atoms with E-state index in [0.717, 1.165) is 36.3 Å². The van der Waals surface area contributed by atoms with Gasteiger partial charge in [0.15, 0.2) is 0 Å². The Morgan fingerprint density at radius 2 is 2.17 bits per heavy atom. The lowest BCUT2D eigenvalue weighted by atomic mass is 9.90. The molecule has 0 bridgehead atoms. The van der Waals surface area contributed by atoms with Crippen LogP contribution in [-0.4, -0.2) is 30.7 Å². The molecule has 0 spiro atoms. The molecule has 0 atom stereocenters. The first-order valence-electron chi connectivity index (χ1n) is 6.40. The first-order valence-corrected chi connectivity index (χ1v) is 6.40. The van der Waals surface area contributed by atoms with Gasteiger partial charge in [-0.25, -0.2) is 0 Å². The zero-order chi connectivity index (χ0) is 12.8. The van der Waals surface area contributed by atoms with Crippen LogP contribution in [0.15, 0.2) is 23.4 Å². The summed E-state index contributed by atoms with van der Waals surface area (Å²) in [6.45, 7) is 3.85. The van der Waals surface area contributed by atoms with Crippen molar-refractivity contribution in [2.24, 2.45) is 5.16 Å². The van der Waals surface area contributed by atoms with Gasteiger partial charge in [-0.15, -0.1) is 0 Å².